The average molecular weight is 204 g/mol. The molecule has 0 bridgehead atoms. The monoisotopic (exact) mass is 204 g/mol. The Labute approximate surface area is 90.5 Å². The van der Waals surface area contributed by atoms with Crippen molar-refractivity contribution < 1.29 is 4.74 Å². The fourth-order valence-corrected chi connectivity index (χ4v) is 1.21. The highest BCUT2D eigenvalue weighted by Crippen LogP contribution is 2.16. The van der Waals surface area contributed by atoms with E-state index < -0.39 is 0 Å². The number of hydrogen-bond acceptors (Lipinski definition) is 3. The molecule has 3 nitrogen and oxygen atoms in total. The van der Waals surface area contributed by atoms with E-state index in [1.807, 2.05) is 31.2 Å². The first-order valence-corrected chi connectivity index (χ1v) is 5.09. The van der Waals surface area contributed by atoms with Crippen molar-refractivity contribution in [2.75, 3.05) is 6.61 Å². The largest absolute Gasteiger partial charge is 0.494 e. The van der Waals surface area contributed by atoms with Crippen molar-refractivity contribution in [3.63, 3.8) is 0 Å². The second-order valence-electron chi connectivity index (χ2n) is 3.47. The Morgan fingerprint density at radius 3 is 2.60 bits per heavy atom. The maximum Gasteiger partial charge on any atom is 0.119 e. The Kier molecular flexibility index (Phi) is 4.65. The van der Waals surface area contributed by atoms with Crippen molar-refractivity contribution in [2.24, 2.45) is 5.73 Å². The van der Waals surface area contributed by atoms with E-state index in [0.717, 1.165) is 17.7 Å². The maximum atomic E-state index is 8.34. The van der Waals surface area contributed by atoms with E-state index in [9.17, 15) is 0 Å². The number of nitrogens with zero attached hydrogens (tertiary/aromatic N) is 1. The van der Waals surface area contributed by atoms with Crippen LogP contribution in [-0.4, -0.2) is 6.61 Å². The van der Waals surface area contributed by atoms with Gasteiger partial charge >= 0.3 is 0 Å². The van der Waals surface area contributed by atoms with Crippen LogP contribution >= 0.6 is 0 Å². The van der Waals surface area contributed by atoms with Crippen LogP contribution < -0.4 is 10.5 Å². The molecule has 1 atom stereocenters. The third-order valence-corrected chi connectivity index (χ3v) is 2.11. The van der Waals surface area contributed by atoms with Gasteiger partial charge in [-0.2, -0.15) is 5.26 Å². The molecule has 0 aliphatic carbocycles. The summed E-state index contributed by atoms with van der Waals surface area (Å²) in [7, 11) is 0. The van der Waals surface area contributed by atoms with E-state index in [1.54, 1.807) is 0 Å². The third-order valence-electron chi connectivity index (χ3n) is 2.11. The van der Waals surface area contributed by atoms with Crippen LogP contribution in [0.2, 0.25) is 0 Å². The van der Waals surface area contributed by atoms with Gasteiger partial charge in [-0.15, -0.1) is 0 Å². The molecule has 1 aromatic carbocycles. The molecule has 0 saturated carbocycles. The summed E-state index contributed by atoms with van der Waals surface area (Å²) in [5.74, 6) is 0.831. The van der Waals surface area contributed by atoms with Gasteiger partial charge in [0.2, 0.25) is 0 Å². The Morgan fingerprint density at radius 2 is 2.07 bits per heavy atom. The van der Waals surface area contributed by atoms with Gasteiger partial charge in [-0.25, -0.2) is 0 Å². The molecule has 0 spiro atoms. The number of benzene rings is 1. The molecule has 0 unspecified atom stereocenters. The highest BCUT2D eigenvalue weighted by molar-refractivity contribution is 5.28. The highest BCUT2D eigenvalue weighted by atomic mass is 16.5. The summed E-state index contributed by atoms with van der Waals surface area (Å²) in [4.78, 5) is 0. The number of nitrogens with two attached hydrogens (primary N) is 1. The first-order valence-electron chi connectivity index (χ1n) is 5.09. The lowest BCUT2D eigenvalue weighted by Gasteiger charge is -2.08. The van der Waals surface area contributed by atoms with E-state index in [-0.39, 0.29) is 6.04 Å². The molecule has 0 aliphatic heterocycles. The Morgan fingerprint density at radius 1 is 1.40 bits per heavy atom. The summed E-state index contributed by atoms with van der Waals surface area (Å²) in [5.41, 5.74) is 6.82. The molecule has 1 aromatic rings. The summed E-state index contributed by atoms with van der Waals surface area (Å²) in [6.45, 7) is 2.54. The normalized spacial score (nSPS) is 11.8. The van der Waals surface area contributed by atoms with E-state index in [0.29, 0.717) is 13.0 Å². The van der Waals surface area contributed by atoms with Crippen LogP contribution in [0.4, 0.5) is 0 Å². The van der Waals surface area contributed by atoms with Gasteiger partial charge in [0.15, 0.2) is 0 Å². The molecule has 0 aliphatic rings. The van der Waals surface area contributed by atoms with Gasteiger partial charge in [0.1, 0.15) is 5.75 Å². The number of rotatable bonds is 5. The van der Waals surface area contributed by atoms with E-state index in [1.165, 1.54) is 0 Å². The third kappa shape index (κ3) is 4.01. The topological polar surface area (TPSA) is 59.0 Å². The smallest absolute Gasteiger partial charge is 0.119 e. The highest BCUT2D eigenvalue weighted by Gasteiger charge is 1.99. The molecule has 0 aromatic heterocycles. The van der Waals surface area contributed by atoms with Crippen molar-refractivity contribution in [3.05, 3.63) is 29.8 Å². The molecule has 0 saturated heterocycles. The molecule has 80 valence electrons. The second-order valence-corrected chi connectivity index (χ2v) is 3.47. The first-order chi connectivity index (χ1) is 7.24. The van der Waals surface area contributed by atoms with Crippen molar-refractivity contribution in [3.8, 4) is 11.8 Å². The van der Waals surface area contributed by atoms with Gasteiger partial charge in [-0.05, 0) is 31.0 Å². The quantitative estimate of drug-likeness (QED) is 0.749. The zero-order chi connectivity index (χ0) is 11.1. The molecule has 1 rings (SSSR count). The van der Waals surface area contributed by atoms with Gasteiger partial charge in [0.05, 0.1) is 12.7 Å². The average Bonchev–Trinajstić information content (AvgIpc) is 2.25. The summed E-state index contributed by atoms with van der Waals surface area (Å²) in [5, 5.41) is 8.34. The van der Waals surface area contributed by atoms with Crippen LogP contribution in [0.15, 0.2) is 24.3 Å². The Balaban J connectivity index is 2.40. The number of nitriles is 1. The van der Waals surface area contributed by atoms with E-state index in [4.69, 9.17) is 15.7 Å². The zero-order valence-corrected chi connectivity index (χ0v) is 8.94. The fourth-order valence-electron chi connectivity index (χ4n) is 1.21. The minimum atomic E-state index is 0.0534. The van der Waals surface area contributed by atoms with E-state index >= 15 is 0 Å². The molecule has 3 heteroatoms. The maximum absolute atomic E-state index is 8.34. The Hall–Kier alpha value is -1.53. The van der Waals surface area contributed by atoms with Gasteiger partial charge < -0.3 is 10.5 Å². The number of unbranched alkanes of at least 4 members (excludes halogenated alkanes) is 1. The minimum Gasteiger partial charge on any atom is -0.494 e. The molecule has 15 heavy (non-hydrogen) atoms. The van der Waals surface area contributed by atoms with Crippen LogP contribution in [0.5, 0.6) is 5.75 Å². The van der Waals surface area contributed by atoms with Gasteiger partial charge in [-0.3, -0.25) is 0 Å². The fraction of sp³-hybridized carbons (Fsp3) is 0.417. The van der Waals surface area contributed by atoms with Crippen molar-refractivity contribution in [1.29, 1.82) is 5.26 Å². The van der Waals surface area contributed by atoms with Crippen LogP contribution in [0.25, 0.3) is 0 Å². The SMILES string of the molecule is C[C@H](N)c1ccc(OCCCC#N)cc1. The predicted octanol–water partition coefficient (Wildman–Crippen LogP) is 2.39. The van der Waals surface area contributed by atoms with Crippen LogP contribution in [-0.2, 0) is 0 Å². The van der Waals surface area contributed by atoms with Gasteiger partial charge in [0, 0.05) is 12.5 Å². The first kappa shape index (κ1) is 11.5. The van der Waals surface area contributed by atoms with Crippen molar-refractivity contribution >= 4 is 0 Å². The van der Waals surface area contributed by atoms with Gasteiger partial charge in [0.25, 0.3) is 0 Å². The summed E-state index contributed by atoms with van der Waals surface area (Å²) in [6.07, 6.45) is 1.31. The molecule has 0 heterocycles. The zero-order valence-electron chi connectivity index (χ0n) is 8.94. The van der Waals surface area contributed by atoms with Crippen LogP contribution in [0.3, 0.4) is 0 Å². The second kappa shape index (κ2) is 6.05. The number of hydrogen-bond donors (Lipinski definition) is 1. The van der Waals surface area contributed by atoms with E-state index in [2.05, 4.69) is 6.07 Å². The van der Waals surface area contributed by atoms with Crippen LogP contribution in [0.1, 0.15) is 31.4 Å². The summed E-state index contributed by atoms with van der Waals surface area (Å²) in [6, 6.07) is 9.88. The van der Waals surface area contributed by atoms with Crippen molar-refractivity contribution in [2.45, 2.75) is 25.8 Å². The lowest BCUT2D eigenvalue weighted by atomic mass is 10.1. The predicted molar refractivity (Wildman–Crippen MR) is 59.4 cm³/mol. The molecular formula is C12H16N2O. The minimum absolute atomic E-state index is 0.0534. The molecule has 0 radical (unpaired) electrons. The lowest BCUT2D eigenvalue weighted by molar-refractivity contribution is 0.312. The Bertz CT molecular complexity index is 324. The lowest BCUT2D eigenvalue weighted by Crippen LogP contribution is -2.04. The van der Waals surface area contributed by atoms with Crippen LogP contribution in [0, 0.1) is 11.3 Å². The summed E-state index contributed by atoms with van der Waals surface area (Å²) >= 11 is 0. The molecule has 0 fully saturated rings. The standard InChI is InChI=1S/C12H16N2O/c1-10(14)11-4-6-12(7-5-11)15-9-3-2-8-13/h4-7,10H,2-3,9,14H2,1H3/t10-/m0/s1. The van der Waals surface area contributed by atoms with Crippen molar-refractivity contribution in [1.82, 2.24) is 0 Å². The molecule has 0 amide bonds. The summed E-state index contributed by atoms with van der Waals surface area (Å²) < 4.78 is 5.45. The number of ether oxygens (including phenoxy) is 1. The molecule has 2 N–H and O–H groups in total. The molecular weight excluding hydrogens is 188 g/mol. The van der Waals surface area contributed by atoms with Gasteiger partial charge in [-0.1, -0.05) is 12.1 Å².